The maximum absolute atomic E-state index is 12.6. The summed E-state index contributed by atoms with van der Waals surface area (Å²) in [6.45, 7) is 0.896. The zero-order chi connectivity index (χ0) is 18.7. The van der Waals surface area contributed by atoms with Crippen molar-refractivity contribution in [2.75, 3.05) is 13.1 Å². The third kappa shape index (κ3) is 4.38. The highest BCUT2D eigenvalue weighted by Gasteiger charge is 2.28. The van der Waals surface area contributed by atoms with E-state index in [1.807, 2.05) is 0 Å². The summed E-state index contributed by atoms with van der Waals surface area (Å²) in [4.78, 5) is 14.5. The predicted octanol–water partition coefficient (Wildman–Crippen LogP) is 3.58. The third-order valence-corrected chi connectivity index (χ3v) is 6.42. The van der Waals surface area contributed by atoms with Crippen molar-refractivity contribution in [3.63, 3.8) is 0 Å². The highest BCUT2D eigenvalue weighted by Crippen LogP contribution is 2.24. The lowest BCUT2D eigenvalue weighted by Crippen LogP contribution is -2.46. The zero-order valence-electron chi connectivity index (χ0n) is 13.9. The third-order valence-electron chi connectivity index (χ3n) is 4.32. The van der Waals surface area contributed by atoms with Crippen LogP contribution in [0, 0.1) is 0 Å². The molecule has 1 N–H and O–H groups in total. The van der Waals surface area contributed by atoms with E-state index in [-0.39, 0.29) is 16.8 Å². The fourth-order valence-corrected chi connectivity index (χ4v) is 4.62. The Morgan fingerprint density at radius 3 is 2.35 bits per heavy atom. The summed E-state index contributed by atoms with van der Waals surface area (Å²) in [6.07, 6.45) is 1.08. The van der Waals surface area contributed by atoms with Crippen LogP contribution in [0.5, 0.6) is 0 Å². The van der Waals surface area contributed by atoms with Gasteiger partial charge in [-0.25, -0.2) is 13.1 Å². The second-order valence-corrected chi connectivity index (χ2v) is 8.68. The topological polar surface area (TPSA) is 66.5 Å². The van der Waals surface area contributed by atoms with Crippen LogP contribution in [-0.2, 0) is 10.0 Å². The summed E-state index contributed by atoms with van der Waals surface area (Å²) in [5.74, 6) is -0.193. The Kier molecular flexibility index (Phi) is 5.87. The summed E-state index contributed by atoms with van der Waals surface area (Å²) in [5, 5.41) is 0.801. The van der Waals surface area contributed by atoms with E-state index in [2.05, 4.69) is 4.72 Å². The van der Waals surface area contributed by atoms with E-state index in [0.29, 0.717) is 41.5 Å². The summed E-state index contributed by atoms with van der Waals surface area (Å²) in [7, 11) is -3.55. The lowest BCUT2D eigenvalue weighted by molar-refractivity contribution is 0.0711. The van der Waals surface area contributed by atoms with Gasteiger partial charge in [0.05, 0.1) is 15.5 Å². The van der Waals surface area contributed by atoms with Gasteiger partial charge < -0.3 is 4.90 Å². The van der Waals surface area contributed by atoms with Gasteiger partial charge in [0.1, 0.15) is 0 Å². The average molecular weight is 413 g/mol. The number of nitrogens with one attached hydrogen (secondary N) is 1. The van der Waals surface area contributed by atoms with Gasteiger partial charge in [-0.05, 0) is 43.2 Å². The van der Waals surface area contributed by atoms with Crippen LogP contribution in [0.3, 0.4) is 0 Å². The van der Waals surface area contributed by atoms with E-state index < -0.39 is 10.0 Å². The van der Waals surface area contributed by atoms with E-state index in [9.17, 15) is 13.2 Å². The van der Waals surface area contributed by atoms with E-state index in [1.165, 1.54) is 0 Å². The normalized spacial score (nSPS) is 15.8. The maximum Gasteiger partial charge on any atom is 0.255 e. The molecule has 1 aliphatic rings. The molecule has 138 valence electrons. The molecular formula is C18H18Cl2N2O3S. The van der Waals surface area contributed by atoms with Gasteiger partial charge in [-0.1, -0.05) is 41.4 Å². The van der Waals surface area contributed by atoms with Crippen LogP contribution in [0.15, 0.2) is 53.4 Å². The minimum absolute atomic E-state index is 0.193. The molecule has 0 aliphatic carbocycles. The first-order chi connectivity index (χ1) is 12.4. The predicted molar refractivity (Wildman–Crippen MR) is 102 cm³/mol. The molecule has 2 aromatic rings. The fraction of sp³-hybridized carbons (Fsp3) is 0.278. The Hall–Kier alpha value is -1.60. The zero-order valence-corrected chi connectivity index (χ0v) is 16.2. The van der Waals surface area contributed by atoms with Gasteiger partial charge in [-0.15, -0.1) is 0 Å². The minimum atomic E-state index is -3.55. The number of sulfonamides is 1. The molecule has 26 heavy (non-hydrogen) atoms. The number of rotatable bonds is 4. The minimum Gasteiger partial charge on any atom is -0.338 e. The SMILES string of the molecule is O=C(c1cc(Cl)ccc1Cl)N1CCC(NS(=O)(=O)c2ccccc2)CC1. The lowest BCUT2D eigenvalue weighted by atomic mass is 10.0. The van der Waals surface area contributed by atoms with E-state index in [0.717, 1.165) is 0 Å². The van der Waals surface area contributed by atoms with E-state index in [1.54, 1.807) is 53.4 Å². The number of piperidine rings is 1. The van der Waals surface area contributed by atoms with Crippen molar-refractivity contribution in [3.05, 3.63) is 64.1 Å². The largest absolute Gasteiger partial charge is 0.338 e. The van der Waals surface area contributed by atoms with Crippen LogP contribution in [0.25, 0.3) is 0 Å². The first kappa shape index (κ1) is 19.2. The Balaban J connectivity index is 1.62. The number of benzene rings is 2. The molecular weight excluding hydrogens is 395 g/mol. The first-order valence-electron chi connectivity index (χ1n) is 8.18. The second-order valence-electron chi connectivity index (χ2n) is 6.12. The number of nitrogens with zero attached hydrogens (tertiary/aromatic N) is 1. The van der Waals surface area contributed by atoms with Gasteiger partial charge in [0, 0.05) is 24.2 Å². The number of amides is 1. The van der Waals surface area contributed by atoms with Crippen molar-refractivity contribution >= 4 is 39.1 Å². The van der Waals surface area contributed by atoms with Gasteiger partial charge in [0.25, 0.3) is 5.91 Å². The van der Waals surface area contributed by atoms with Crippen LogP contribution >= 0.6 is 23.2 Å². The lowest BCUT2D eigenvalue weighted by Gasteiger charge is -2.32. The number of hydrogen-bond acceptors (Lipinski definition) is 3. The van der Waals surface area contributed by atoms with Crippen LogP contribution in [0.1, 0.15) is 23.2 Å². The molecule has 0 saturated carbocycles. The Morgan fingerprint density at radius 2 is 1.69 bits per heavy atom. The number of halogens is 2. The van der Waals surface area contributed by atoms with Crippen LogP contribution in [0.2, 0.25) is 10.0 Å². The quantitative estimate of drug-likeness (QED) is 0.834. The molecule has 3 rings (SSSR count). The fourth-order valence-electron chi connectivity index (χ4n) is 2.92. The average Bonchev–Trinajstić information content (AvgIpc) is 2.64. The van der Waals surface area contributed by atoms with Gasteiger partial charge in [0.2, 0.25) is 10.0 Å². The molecule has 1 heterocycles. The summed E-state index contributed by atoms with van der Waals surface area (Å²) >= 11 is 12.0. The second kappa shape index (κ2) is 7.96. The molecule has 2 aromatic carbocycles. The van der Waals surface area contributed by atoms with Crippen molar-refractivity contribution in [1.82, 2.24) is 9.62 Å². The molecule has 0 unspecified atom stereocenters. The molecule has 1 saturated heterocycles. The Morgan fingerprint density at radius 1 is 1.04 bits per heavy atom. The van der Waals surface area contributed by atoms with Crippen LogP contribution in [0.4, 0.5) is 0 Å². The van der Waals surface area contributed by atoms with E-state index >= 15 is 0 Å². The maximum atomic E-state index is 12.6. The summed E-state index contributed by atoms with van der Waals surface area (Å²) in [5.41, 5.74) is 0.363. The van der Waals surface area contributed by atoms with Crippen LogP contribution in [-0.4, -0.2) is 38.4 Å². The Bertz CT molecular complexity index is 896. The monoisotopic (exact) mass is 412 g/mol. The van der Waals surface area contributed by atoms with Gasteiger partial charge in [-0.2, -0.15) is 0 Å². The molecule has 8 heteroatoms. The van der Waals surface area contributed by atoms with Crippen molar-refractivity contribution < 1.29 is 13.2 Å². The van der Waals surface area contributed by atoms with E-state index in [4.69, 9.17) is 23.2 Å². The van der Waals surface area contributed by atoms with Gasteiger partial charge >= 0.3 is 0 Å². The summed E-state index contributed by atoms with van der Waals surface area (Å²) < 4.78 is 27.5. The van der Waals surface area contributed by atoms with Gasteiger partial charge in [-0.3, -0.25) is 4.79 Å². The van der Waals surface area contributed by atoms with Gasteiger partial charge in [0.15, 0.2) is 0 Å². The Labute approximate surface area is 163 Å². The summed E-state index contributed by atoms with van der Waals surface area (Å²) in [6, 6.07) is 12.8. The first-order valence-corrected chi connectivity index (χ1v) is 10.4. The standard InChI is InChI=1S/C18H18Cl2N2O3S/c19-13-6-7-17(20)16(12-13)18(23)22-10-8-14(9-11-22)21-26(24,25)15-4-2-1-3-5-15/h1-7,12,14,21H,8-11H2. The highest BCUT2D eigenvalue weighted by atomic mass is 35.5. The molecule has 0 atom stereocenters. The van der Waals surface area contributed by atoms with Crippen molar-refractivity contribution in [1.29, 1.82) is 0 Å². The molecule has 1 fully saturated rings. The molecule has 0 radical (unpaired) electrons. The van der Waals surface area contributed by atoms with Crippen molar-refractivity contribution in [3.8, 4) is 0 Å². The number of hydrogen-bond donors (Lipinski definition) is 1. The molecule has 1 aliphatic heterocycles. The van der Waals surface area contributed by atoms with Crippen molar-refractivity contribution in [2.24, 2.45) is 0 Å². The smallest absolute Gasteiger partial charge is 0.255 e. The molecule has 1 amide bonds. The number of carbonyl (C=O) groups is 1. The number of carbonyl (C=O) groups excluding carboxylic acids is 1. The van der Waals surface area contributed by atoms with Crippen LogP contribution < -0.4 is 4.72 Å². The van der Waals surface area contributed by atoms with Crippen molar-refractivity contribution in [2.45, 2.75) is 23.8 Å². The molecule has 0 aromatic heterocycles. The molecule has 0 spiro atoms. The molecule has 5 nitrogen and oxygen atoms in total. The molecule has 0 bridgehead atoms. The number of likely N-dealkylation sites (tertiary alicyclic amines) is 1. The highest BCUT2D eigenvalue weighted by molar-refractivity contribution is 7.89.